The van der Waals surface area contributed by atoms with E-state index in [0.717, 1.165) is 38.5 Å². The van der Waals surface area contributed by atoms with Crippen LogP contribution < -0.4 is 10.6 Å². The molecule has 2 aliphatic rings. The number of hydrogen-bond donors (Lipinski definition) is 2. The van der Waals surface area contributed by atoms with Gasteiger partial charge in [-0.2, -0.15) is 0 Å². The van der Waals surface area contributed by atoms with Gasteiger partial charge in [-0.15, -0.1) is 0 Å². The molecule has 0 bridgehead atoms. The average Bonchev–Trinajstić information content (AvgIpc) is 2.96. The van der Waals surface area contributed by atoms with Crippen molar-refractivity contribution in [3.8, 4) is 0 Å². The van der Waals surface area contributed by atoms with Crippen LogP contribution >= 0.6 is 0 Å². The molecule has 1 atom stereocenters. The summed E-state index contributed by atoms with van der Waals surface area (Å²) in [6.07, 6.45) is 5.14. The van der Waals surface area contributed by atoms with E-state index in [-0.39, 0.29) is 0 Å². The van der Waals surface area contributed by atoms with Crippen LogP contribution in [0.25, 0.3) is 0 Å². The maximum atomic E-state index is 5.62. The Morgan fingerprint density at radius 1 is 1.18 bits per heavy atom. The summed E-state index contributed by atoms with van der Waals surface area (Å²) >= 11 is 0. The molecule has 128 valence electrons. The fourth-order valence-electron chi connectivity index (χ4n) is 3.07. The van der Waals surface area contributed by atoms with Gasteiger partial charge in [0.15, 0.2) is 5.96 Å². The summed E-state index contributed by atoms with van der Waals surface area (Å²) in [5.41, 5.74) is 0. The van der Waals surface area contributed by atoms with Crippen LogP contribution in [0.1, 0.15) is 25.7 Å². The molecule has 0 saturated carbocycles. The molecule has 6 nitrogen and oxygen atoms in total. The van der Waals surface area contributed by atoms with Gasteiger partial charge in [0.2, 0.25) is 0 Å². The lowest BCUT2D eigenvalue weighted by molar-refractivity contribution is 0.114. The monoisotopic (exact) mass is 311 g/mol. The molecule has 0 aromatic carbocycles. The highest BCUT2D eigenvalue weighted by Gasteiger charge is 2.15. The lowest BCUT2D eigenvalue weighted by Crippen LogP contribution is -2.42. The summed E-state index contributed by atoms with van der Waals surface area (Å²) in [6.45, 7) is 8.76. The Kier molecular flexibility index (Phi) is 7.98. The molecule has 2 saturated heterocycles. The van der Waals surface area contributed by atoms with Crippen molar-refractivity contribution in [3.05, 3.63) is 0 Å². The predicted molar refractivity (Wildman–Crippen MR) is 91.5 cm³/mol. The van der Waals surface area contributed by atoms with Crippen LogP contribution in [0.2, 0.25) is 0 Å². The van der Waals surface area contributed by atoms with E-state index in [0.29, 0.717) is 6.10 Å². The minimum absolute atomic E-state index is 0.354. The molecule has 0 aliphatic carbocycles. The molecule has 6 heteroatoms. The molecule has 2 heterocycles. The number of hydrogen-bond acceptors (Lipinski definition) is 4. The topological polar surface area (TPSA) is 52.1 Å². The Labute approximate surface area is 135 Å². The second-order valence-electron chi connectivity index (χ2n) is 6.37. The quantitative estimate of drug-likeness (QED) is 0.421. The number of likely N-dealkylation sites (N-methyl/N-ethyl adjacent to an activating group) is 1. The zero-order valence-corrected chi connectivity index (χ0v) is 14.3. The number of ether oxygens (including phenoxy) is 1. The summed E-state index contributed by atoms with van der Waals surface area (Å²) in [7, 11) is 4.05. The van der Waals surface area contributed by atoms with Gasteiger partial charge in [-0.1, -0.05) is 0 Å². The Balaban J connectivity index is 1.54. The van der Waals surface area contributed by atoms with Gasteiger partial charge in [-0.05, 0) is 52.4 Å². The minimum Gasteiger partial charge on any atom is -0.376 e. The number of nitrogens with zero attached hydrogens (tertiary/aromatic N) is 3. The standard InChI is InChI=1S/C16H33N5O/c1-17-16(19-14-15-6-3-13-22-15)18-7-4-9-21-10-5-8-20(2)11-12-21/h15H,3-14H2,1-2H3,(H2,17,18,19). The molecule has 2 N–H and O–H groups in total. The van der Waals surface area contributed by atoms with E-state index < -0.39 is 0 Å². The van der Waals surface area contributed by atoms with E-state index in [1.807, 2.05) is 7.05 Å². The molecule has 0 radical (unpaired) electrons. The lowest BCUT2D eigenvalue weighted by atomic mass is 10.2. The smallest absolute Gasteiger partial charge is 0.191 e. The van der Waals surface area contributed by atoms with Gasteiger partial charge in [-0.3, -0.25) is 4.99 Å². The summed E-state index contributed by atoms with van der Waals surface area (Å²) in [6, 6.07) is 0. The largest absolute Gasteiger partial charge is 0.376 e. The van der Waals surface area contributed by atoms with Crippen LogP contribution in [-0.2, 0) is 4.74 Å². The van der Waals surface area contributed by atoms with Crippen LogP contribution in [0.5, 0.6) is 0 Å². The second-order valence-corrected chi connectivity index (χ2v) is 6.37. The highest BCUT2D eigenvalue weighted by atomic mass is 16.5. The van der Waals surface area contributed by atoms with Crippen LogP contribution in [0.3, 0.4) is 0 Å². The maximum Gasteiger partial charge on any atom is 0.191 e. The van der Waals surface area contributed by atoms with Crippen molar-refractivity contribution in [1.82, 2.24) is 20.4 Å². The third-order valence-corrected chi connectivity index (χ3v) is 4.50. The number of rotatable bonds is 6. The van der Waals surface area contributed by atoms with E-state index in [4.69, 9.17) is 4.74 Å². The Bertz CT molecular complexity index is 330. The Hall–Kier alpha value is -0.850. The second kappa shape index (κ2) is 10.0. The summed E-state index contributed by atoms with van der Waals surface area (Å²) in [5.74, 6) is 0.895. The van der Waals surface area contributed by atoms with E-state index in [9.17, 15) is 0 Å². The number of aliphatic imine (C=N–C) groups is 1. The lowest BCUT2D eigenvalue weighted by Gasteiger charge is -2.20. The summed E-state index contributed by atoms with van der Waals surface area (Å²) in [5, 5.41) is 6.76. The van der Waals surface area contributed by atoms with Crippen LogP contribution in [-0.4, -0.2) is 88.4 Å². The molecule has 0 aromatic rings. The highest BCUT2D eigenvalue weighted by molar-refractivity contribution is 5.79. The fourth-order valence-corrected chi connectivity index (χ4v) is 3.07. The molecular formula is C16H33N5O. The van der Waals surface area contributed by atoms with Crippen molar-refractivity contribution in [3.63, 3.8) is 0 Å². The van der Waals surface area contributed by atoms with Gasteiger partial charge in [0.1, 0.15) is 0 Å². The SMILES string of the molecule is CN=C(NCCCN1CCCN(C)CC1)NCC1CCCO1. The van der Waals surface area contributed by atoms with Crippen LogP contribution in [0.15, 0.2) is 4.99 Å². The van der Waals surface area contributed by atoms with Crippen LogP contribution in [0, 0.1) is 0 Å². The molecule has 2 fully saturated rings. The van der Waals surface area contributed by atoms with Crippen molar-refractivity contribution >= 4 is 5.96 Å². The van der Waals surface area contributed by atoms with Crippen molar-refractivity contribution < 1.29 is 4.74 Å². The van der Waals surface area contributed by atoms with Gasteiger partial charge in [0.25, 0.3) is 0 Å². The number of guanidine groups is 1. The van der Waals surface area contributed by atoms with Gasteiger partial charge in [-0.25, -0.2) is 0 Å². The first-order valence-electron chi connectivity index (χ1n) is 8.75. The van der Waals surface area contributed by atoms with Crippen molar-refractivity contribution in [2.45, 2.75) is 31.8 Å². The molecule has 0 amide bonds. The van der Waals surface area contributed by atoms with Gasteiger partial charge < -0.3 is 25.2 Å². The Morgan fingerprint density at radius 2 is 2.09 bits per heavy atom. The van der Waals surface area contributed by atoms with Crippen molar-refractivity contribution in [2.75, 3.05) is 66.5 Å². The summed E-state index contributed by atoms with van der Waals surface area (Å²) < 4.78 is 5.62. The van der Waals surface area contributed by atoms with Crippen molar-refractivity contribution in [2.24, 2.45) is 4.99 Å². The average molecular weight is 311 g/mol. The zero-order chi connectivity index (χ0) is 15.6. The first-order chi connectivity index (χ1) is 10.8. The van der Waals surface area contributed by atoms with E-state index in [1.54, 1.807) is 0 Å². The van der Waals surface area contributed by atoms with Gasteiger partial charge in [0.05, 0.1) is 6.10 Å². The highest BCUT2D eigenvalue weighted by Crippen LogP contribution is 2.10. The zero-order valence-electron chi connectivity index (χ0n) is 14.3. The minimum atomic E-state index is 0.354. The van der Waals surface area contributed by atoms with E-state index >= 15 is 0 Å². The van der Waals surface area contributed by atoms with E-state index in [1.165, 1.54) is 45.6 Å². The normalized spacial score (nSPS) is 25.2. The number of nitrogens with one attached hydrogen (secondary N) is 2. The fraction of sp³-hybridized carbons (Fsp3) is 0.938. The molecule has 2 rings (SSSR count). The Morgan fingerprint density at radius 3 is 2.86 bits per heavy atom. The van der Waals surface area contributed by atoms with Gasteiger partial charge >= 0.3 is 0 Å². The first kappa shape index (κ1) is 17.5. The maximum absolute atomic E-state index is 5.62. The molecule has 2 aliphatic heterocycles. The third kappa shape index (κ3) is 6.50. The molecule has 1 unspecified atom stereocenters. The molecule has 0 spiro atoms. The molecule has 0 aromatic heterocycles. The summed E-state index contributed by atoms with van der Waals surface area (Å²) in [4.78, 5) is 9.28. The first-order valence-corrected chi connectivity index (χ1v) is 8.75. The third-order valence-electron chi connectivity index (χ3n) is 4.50. The molecule has 22 heavy (non-hydrogen) atoms. The predicted octanol–water partition coefficient (Wildman–Crippen LogP) is 0.358. The van der Waals surface area contributed by atoms with Crippen LogP contribution in [0.4, 0.5) is 0 Å². The van der Waals surface area contributed by atoms with E-state index in [2.05, 4.69) is 32.5 Å². The molecular weight excluding hydrogens is 278 g/mol. The van der Waals surface area contributed by atoms with Crippen molar-refractivity contribution in [1.29, 1.82) is 0 Å². The van der Waals surface area contributed by atoms with Gasteiger partial charge in [0, 0.05) is 39.8 Å².